The van der Waals surface area contributed by atoms with E-state index in [0.29, 0.717) is 17.0 Å². The highest BCUT2D eigenvalue weighted by molar-refractivity contribution is 7.90. The molecular formula is C16H22ClN3O5S. The molecule has 1 aliphatic heterocycles. The van der Waals surface area contributed by atoms with Crippen LogP contribution in [0.15, 0.2) is 17.0 Å². The van der Waals surface area contributed by atoms with Crippen LogP contribution >= 0.6 is 11.6 Å². The highest BCUT2D eigenvalue weighted by atomic mass is 35.5. The summed E-state index contributed by atoms with van der Waals surface area (Å²) in [7, 11) is -3.52. The van der Waals surface area contributed by atoms with Gasteiger partial charge in [-0.05, 0) is 32.9 Å². The summed E-state index contributed by atoms with van der Waals surface area (Å²) in [6.45, 7) is 5.50. The van der Waals surface area contributed by atoms with Crippen molar-refractivity contribution in [3.05, 3.63) is 17.2 Å². The van der Waals surface area contributed by atoms with Gasteiger partial charge in [0.25, 0.3) is 0 Å². The molecule has 0 bridgehead atoms. The zero-order chi connectivity index (χ0) is 19.4. The summed E-state index contributed by atoms with van der Waals surface area (Å²) in [5.74, 6) is 0.391. The van der Waals surface area contributed by atoms with Gasteiger partial charge in [-0.25, -0.2) is 13.4 Å². The number of halogens is 1. The van der Waals surface area contributed by atoms with E-state index in [1.54, 1.807) is 11.5 Å². The molecule has 0 spiro atoms. The van der Waals surface area contributed by atoms with Gasteiger partial charge in [-0.2, -0.15) is 0 Å². The Labute approximate surface area is 156 Å². The van der Waals surface area contributed by atoms with E-state index in [0.717, 1.165) is 6.26 Å². The van der Waals surface area contributed by atoms with E-state index < -0.39 is 34.4 Å². The Bertz CT molecular complexity index is 943. The van der Waals surface area contributed by atoms with Crippen LogP contribution in [0.5, 0.6) is 0 Å². The minimum absolute atomic E-state index is 0.0197. The molecule has 8 nitrogen and oxygen atoms in total. The average molecular weight is 404 g/mol. The summed E-state index contributed by atoms with van der Waals surface area (Å²) in [6, 6.07) is 2.91. The van der Waals surface area contributed by atoms with E-state index in [-0.39, 0.29) is 16.0 Å². The molecule has 144 valence electrons. The summed E-state index contributed by atoms with van der Waals surface area (Å²) in [6.07, 6.45) is -2.58. The standard InChI is InChI=1S/C16H22ClN3O5S/c1-7(2)18-16-19-10-6-12(26(4,23)24)9(17)5-11(10)20(16)15-14(22)13(21)8(3)25-15/h5-8,13-15,21-22H,1-4H3,(H,18,19)/t8-,13-,14-,15-/m1/s1. The van der Waals surface area contributed by atoms with E-state index in [4.69, 9.17) is 16.3 Å². The van der Waals surface area contributed by atoms with Crippen molar-refractivity contribution < 1.29 is 23.4 Å². The third-order valence-corrected chi connectivity index (χ3v) is 5.85. The lowest BCUT2D eigenvalue weighted by Gasteiger charge is -2.21. The molecular weight excluding hydrogens is 382 g/mol. The maximum absolute atomic E-state index is 11.9. The summed E-state index contributed by atoms with van der Waals surface area (Å²) in [5, 5.41) is 23.6. The molecule has 1 saturated heterocycles. The fraction of sp³-hybridized carbons (Fsp3) is 0.562. The highest BCUT2D eigenvalue weighted by Gasteiger charge is 2.43. The first-order valence-electron chi connectivity index (χ1n) is 8.20. The molecule has 0 radical (unpaired) electrons. The fourth-order valence-electron chi connectivity index (χ4n) is 3.04. The van der Waals surface area contributed by atoms with E-state index >= 15 is 0 Å². The van der Waals surface area contributed by atoms with Crippen molar-refractivity contribution in [3.8, 4) is 0 Å². The predicted molar refractivity (Wildman–Crippen MR) is 98.2 cm³/mol. The number of anilines is 1. The number of rotatable bonds is 4. The zero-order valence-corrected chi connectivity index (χ0v) is 16.4. The van der Waals surface area contributed by atoms with Crippen LogP contribution < -0.4 is 5.32 Å². The van der Waals surface area contributed by atoms with Crippen LogP contribution in [-0.2, 0) is 14.6 Å². The SMILES string of the molecule is CC(C)Nc1nc2cc(S(C)(=O)=O)c(Cl)cc2n1[C@@H]1O[C@H](C)[C@@H](O)[C@H]1O. The topological polar surface area (TPSA) is 114 Å². The second-order valence-electron chi connectivity index (χ2n) is 6.86. The average Bonchev–Trinajstić information content (AvgIpc) is 2.96. The van der Waals surface area contributed by atoms with Crippen molar-refractivity contribution in [1.82, 2.24) is 9.55 Å². The summed E-state index contributed by atoms with van der Waals surface area (Å²) in [4.78, 5) is 4.43. The summed E-state index contributed by atoms with van der Waals surface area (Å²) < 4.78 is 31.2. The molecule has 1 fully saturated rings. The number of hydrogen-bond acceptors (Lipinski definition) is 7. The van der Waals surface area contributed by atoms with Crippen LogP contribution in [0.3, 0.4) is 0 Å². The quantitative estimate of drug-likeness (QED) is 0.709. The van der Waals surface area contributed by atoms with Gasteiger partial charge >= 0.3 is 0 Å². The van der Waals surface area contributed by atoms with Gasteiger partial charge in [-0.15, -0.1) is 0 Å². The lowest BCUT2D eigenvalue weighted by Crippen LogP contribution is -2.31. The lowest BCUT2D eigenvalue weighted by atomic mass is 10.1. The van der Waals surface area contributed by atoms with E-state index in [9.17, 15) is 18.6 Å². The van der Waals surface area contributed by atoms with Crippen LogP contribution in [0, 0.1) is 0 Å². The van der Waals surface area contributed by atoms with Crippen LogP contribution in [0.4, 0.5) is 5.95 Å². The molecule has 1 aliphatic rings. The number of aliphatic hydroxyl groups is 2. The second-order valence-corrected chi connectivity index (χ2v) is 9.25. The molecule has 0 unspecified atom stereocenters. The van der Waals surface area contributed by atoms with Crippen LogP contribution in [0.25, 0.3) is 11.0 Å². The number of imidazole rings is 1. The molecule has 1 aromatic carbocycles. The Balaban J connectivity index is 2.24. The molecule has 2 aromatic rings. The van der Waals surface area contributed by atoms with Gasteiger partial charge in [0.1, 0.15) is 12.2 Å². The molecule has 3 N–H and O–H groups in total. The van der Waals surface area contributed by atoms with Gasteiger partial charge in [0.2, 0.25) is 5.95 Å². The molecule has 0 aliphatic carbocycles. The Kier molecular flexibility index (Phi) is 4.95. The molecule has 3 rings (SSSR count). The number of hydrogen-bond donors (Lipinski definition) is 3. The molecule has 1 aromatic heterocycles. The second kappa shape index (κ2) is 6.65. The van der Waals surface area contributed by atoms with Gasteiger partial charge < -0.3 is 20.3 Å². The van der Waals surface area contributed by atoms with Crippen LogP contribution in [-0.4, -0.2) is 58.8 Å². The van der Waals surface area contributed by atoms with Gasteiger partial charge in [0.05, 0.1) is 27.1 Å². The number of nitrogens with zero attached hydrogens (tertiary/aromatic N) is 2. The van der Waals surface area contributed by atoms with E-state index in [1.807, 2.05) is 13.8 Å². The largest absolute Gasteiger partial charge is 0.388 e. The van der Waals surface area contributed by atoms with Gasteiger partial charge in [0.15, 0.2) is 16.1 Å². The van der Waals surface area contributed by atoms with Crippen molar-refractivity contribution in [2.45, 2.75) is 56.2 Å². The number of fused-ring (bicyclic) bond motifs is 1. The van der Waals surface area contributed by atoms with Gasteiger partial charge in [-0.1, -0.05) is 11.6 Å². The lowest BCUT2D eigenvalue weighted by molar-refractivity contribution is -0.0284. The maximum atomic E-state index is 11.9. The molecule has 4 atom stereocenters. The number of aromatic nitrogens is 2. The molecule has 2 heterocycles. The monoisotopic (exact) mass is 403 g/mol. The van der Waals surface area contributed by atoms with Crippen molar-refractivity contribution in [2.24, 2.45) is 0 Å². The number of aliphatic hydroxyl groups excluding tert-OH is 2. The van der Waals surface area contributed by atoms with E-state index in [1.165, 1.54) is 12.1 Å². The zero-order valence-electron chi connectivity index (χ0n) is 14.8. The Morgan fingerprint density at radius 2 is 1.96 bits per heavy atom. The van der Waals surface area contributed by atoms with Crippen molar-refractivity contribution in [2.75, 3.05) is 11.6 Å². The highest BCUT2D eigenvalue weighted by Crippen LogP contribution is 2.37. The Morgan fingerprint density at radius 1 is 1.31 bits per heavy atom. The predicted octanol–water partition coefficient (Wildman–Crippen LogP) is 1.55. The number of nitrogens with one attached hydrogen (secondary N) is 1. The van der Waals surface area contributed by atoms with Gasteiger partial charge in [0, 0.05) is 12.3 Å². The Hall–Kier alpha value is -1.39. The van der Waals surface area contributed by atoms with E-state index in [2.05, 4.69) is 10.3 Å². The third kappa shape index (κ3) is 3.29. The summed E-state index contributed by atoms with van der Waals surface area (Å²) in [5.41, 5.74) is 0.888. The smallest absolute Gasteiger partial charge is 0.206 e. The van der Waals surface area contributed by atoms with Crippen molar-refractivity contribution >= 4 is 38.4 Å². The third-order valence-electron chi connectivity index (χ3n) is 4.29. The van der Waals surface area contributed by atoms with Gasteiger partial charge in [-0.3, -0.25) is 4.57 Å². The minimum Gasteiger partial charge on any atom is -0.388 e. The maximum Gasteiger partial charge on any atom is 0.206 e. The summed E-state index contributed by atoms with van der Waals surface area (Å²) >= 11 is 6.18. The first-order valence-corrected chi connectivity index (χ1v) is 10.5. The van der Waals surface area contributed by atoms with Crippen molar-refractivity contribution in [1.29, 1.82) is 0 Å². The van der Waals surface area contributed by atoms with Crippen LogP contribution in [0.2, 0.25) is 5.02 Å². The number of sulfone groups is 1. The first-order chi connectivity index (χ1) is 12.0. The first kappa shape index (κ1) is 19.4. The number of benzene rings is 1. The Morgan fingerprint density at radius 3 is 2.46 bits per heavy atom. The number of ether oxygens (including phenoxy) is 1. The molecule has 0 amide bonds. The molecule has 0 saturated carbocycles. The molecule has 26 heavy (non-hydrogen) atoms. The normalized spacial score (nSPS) is 26.8. The fourth-order valence-corrected chi connectivity index (χ4v) is 4.36. The van der Waals surface area contributed by atoms with Crippen LogP contribution in [0.1, 0.15) is 27.0 Å². The minimum atomic E-state index is -3.52. The molecule has 10 heteroatoms. The van der Waals surface area contributed by atoms with Crippen molar-refractivity contribution in [3.63, 3.8) is 0 Å².